The lowest BCUT2D eigenvalue weighted by molar-refractivity contribution is -0.151. The number of nitrogens with one attached hydrogen (secondary N) is 3. The van der Waals surface area contributed by atoms with Crippen molar-refractivity contribution in [2.45, 2.75) is 90.8 Å². The predicted molar refractivity (Wildman–Crippen MR) is 202 cm³/mol. The molecule has 0 spiro atoms. The maximum absolute atomic E-state index is 14.2. The molecule has 0 aromatic heterocycles. The molecule has 0 fully saturated rings. The summed E-state index contributed by atoms with van der Waals surface area (Å²) in [5.74, 6) is -2.46. The van der Waals surface area contributed by atoms with Crippen molar-refractivity contribution in [1.29, 1.82) is 0 Å². The van der Waals surface area contributed by atoms with Crippen LogP contribution in [0.3, 0.4) is 0 Å². The lowest BCUT2D eigenvalue weighted by Crippen LogP contribution is -2.60. The average molecular weight is 722 g/mol. The fourth-order valence-corrected chi connectivity index (χ4v) is 5.66. The monoisotopic (exact) mass is 721 g/mol. The second kappa shape index (κ2) is 22.4. The van der Waals surface area contributed by atoms with Gasteiger partial charge in [0.15, 0.2) is 0 Å². The highest BCUT2D eigenvalue weighted by Crippen LogP contribution is 2.17. The van der Waals surface area contributed by atoms with Crippen molar-refractivity contribution in [3.05, 3.63) is 84.4 Å². The smallest absolute Gasteiger partial charge is 0.325 e. The molecule has 52 heavy (non-hydrogen) atoms. The van der Waals surface area contributed by atoms with Gasteiger partial charge in [-0.3, -0.25) is 24.0 Å². The van der Waals surface area contributed by atoms with E-state index in [2.05, 4.69) is 22.5 Å². The lowest BCUT2D eigenvalue weighted by Gasteiger charge is -2.35. The first-order valence-corrected chi connectivity index (χ1v) is 17.9. The molecule has 12 heteroatoms. The van der Waals surface area contributed by atoms with Crippen molar-refractivity contribution < 1.29 is 33.4 Å². The first-order valence-electron chi connectivity index (χ1n) is 17.9. The summed E-state index contributed by atoms with van der Waals surface area (Å²) in [7, 11) is 4.69. The van der Waals surface area contributed by atoms with Crippen molar-refractivity contribution in [3.8, 4) is 0 Å². The summed E-state index contributed by atoms with van der Waals surface area (Å²) >= 11 is 0. The predicted octanol–water partition coefficient (Wildman–Crippen LogP) is 3.50. The van der Waals surface area contributed by atoms with Crippen LogP contribution in [0.15, 0.2) is 73.3 Å². The molecule has 2 aromatic carbocycles. The van der Waals surface area contributed by atoms with Crippen LogP contribution in [0.4, 0.5) is 0 Å². The van der Waals surface area contributed by atoms with Gasteiger partial charge in [0.25, 0.3) is 0 Å². The van der Waals surface area contributed by atoms with Crippen molar-refractivity contribution in [2.75, 3.05) is 34.3 Å². The Bertz CT molecular complexity index is 1440. The Morgan fingerprint density at radius 2 is 1.35 bits per heavy atom. The van der Waals surface area contributed by atoms with E-state index in [0.717, 1.165) is 11.1 Å². The topological polar surface area (TPSA) is 146 Å². The van der Waals surface area contributed by atoms with E-state index in [1.807, 2.05) is 88.4 Å². The Labute approximate surface area is 309 Å². The van der Waals surface area contributed by atoms with Gasteiger partial charge in [-0.2, -0.15) is 0 Å². The Morgan fingerprint density at radius 1 is 0.769 bits per heavy atom. The molecule has 12 nitrogen and oxygen atoms in total. The molecule has 3 N–H and O–H groups in total. The molecule has 4 amide bonds. The second-order valence-electron chi connectivity index (χ2n) is 14.0. The quantitative estimate of drug-likeness (QED) is 0.124. The number of ether oxygens (including phenoxy) is 2. The Balaban J connectivity index is 2.35. The summed E-state index contributed by atoms with van der Waals surface area (Å²) in [6, 6.07) is 15.3. The zero-order valence-electron chi connectivity index (χ0n) is 32.1. The molecule has 0 bridgehead atoms. The summed E-state index contributed by atoms with van der Waals surface area (Å²) in [6.07, 6.45) is 1.68. The highest BCUT2D eigenvalue weighted by Gasteiger charge is 2.37. The number of rotatable bonds is 22. The van der Waals surface area contributed by atoms with Gasteiger partial charge < -0.3 is 35.2 Å². The number of carbonyl (C=O) groups excluding carboxylic acids is 5. The highest BCUT2D eigenvalue weighted by atomic mass is 16.5. The number of likely N-dealkylation sites (N-methyl/N-ethyl adjacent to an activating group) is 3. The molecule has 286 valence electrons. The number of benzene rings is 2. The molecule has 5 atom stereocenters. The van der Waals surface area contributed by atoms with Gasteiger partial charge >= 0.3 is 5.97 Å². The SMILES string of the molecule is C=CCOC(=O)CN(C)C(=O)[C@@H](NC(=O)[C@H](CC(C)C)N(C)C(=O)[C@H](CC(C)C)NC(=O)[C@H](Cc1ccccc1)NC)[C@@H](C)OCc1ccccc1. The van der Waals surface area contributed by atoms with Gasteiger partial charge in [-0.05, 0) is 56.2 Å². The third-order valence-electron chi connectivity index (χ3n) is 8.58. The molecule has 0 saturated carbocycles. The minimum atomic E-state index is -1.20. The molecular weight excluding hydrogens is 662 g/mol. The van der Waals surface area contributed by atoms with Crippen molar-refractivity contribution in [1.82, 2.24) is 25.8 Å². The number of hydrogen-bond donors (Lipinski definition) is 3. The molecule has 2 rings (SSSR count). The molecule has 0 aliphatic carbocycles. The first-order chi connectivity index (χ1) is 24.7. The number of amides is 4. The number of carbonyl (C=O) groups is 5. The van der Waals surface area contributed by atoms with Gasteiger partial charge in [-0.25, -0.2) is 0 Å². The Morgan fingerprint density at radius 3 is 1.88 bits per heavy atom. The minimum absolute atomic E-state index is 0.00421. The van der Waals surface area contributed by atoms with Crippen LogP contribution in [0.25, 0.3) is 0 Å². The molecule has 0 saturated heterocycles. The molecule has 0 radical (unpaired) electrons. The third-order valence-corrected chi connectivity index (χ3v) is 8.58. The largest absolute Gasteiger partial charge is 0.460 e. The zero-order chi connectivity index (χ0) is 38.8. The van der Waals surface area contributed by atoms with E-state index in [9.17, 15) is 24.0 Å². The van der Waals surface area contributed by atoms with E-state index in [1.54, 1.807) is 21.0 Å². The Kier molecular flexibility index (Phi) is 18.8. The van der Waals surface area contributed by atoms with E-state index in [0.29, 0.717) is 12.8 Å². The minimum Gasteiger partial charge on any atom is -0.460 e. The maximum atomic E-state index is 14.2. The van der Waals surface area contributed by atoms with Crippen LogP contribution >= 0.6 is 0 Å². The zero-order valence-corrected chi connectivity index (χ0v) is 32.1. The molecule has 2 aromatic rings. The van der Waals surface area contributed by atoms with Gasteiger partial charge in [0.1, 0.15) is 31.3 Å². The van der Waals surface area contributed by atoms with Crippen LogP contribution in [0, 0.1) is 11.8 Å². The third kappa shape index (κ3) is 14.6. The van der Waals surface area contributed by atoms with Crippen LogP contribution in [-0.2, 0) is 46.5 Å². The summed E-state index contributed by atoms with van der Waals surface area (Å²) < 4.78 is 11.1. The van der Waals surface area contributed by atoms with Crippen LogP contribution in [0.1, 0.15) is 58.6 Å². The van der Waals surface area contributed by atoms with E-state index < -0.39 is 54.0 Å². The number of esters is 1. The van der Waals surface area contributed by atoms with E-state index in [1.165, 1.54) is 22.9 Å². The molecule has 0 unspecified atom stereocenters. The van der Waals surface area contributed by atoms with E-state index in [4.69, 9.17) is 9.47 Å². The number of nitrogens with zero attached hydrogens (tertiary/aromatic N) is 2. The maximum Gasteiger partial charge on any atom is 0.325 e. The summed E-state index contributed by atoms with van der Waals surface area (Å²) in [5.41, 5.74) is 1.85. The first kappa shape index (κ1) is 43.6. The molecule has 0 aliphatic rings. The fourth-order valence-electron chi connectivity index (χ4n) is 5.66. The van der Waals surface area contributed by atoms with Crippen LogP contribution in [0.5, 0.6) is 0 Å². The van der Waals surface area contributed by atoms with Crippen LogP contribution in [-0.4, -0.2) is 104 Å². The Hall–Kier alpha value is -4.55. The average Bonchev–Trinajstić information content (AvgIpc) is 3.12. The van der Waals surface area contributed by atoms with Crippen molar-refractivity contribution in [3.63, 3.8) is 0 Å². The standard InChI is InChI=1S/C40H59N5O7/c1-10-21-51-35(46)25-44(8)40(50)36(29(6)52-26-31-19-15-12-16-20-31)43-38(48)34(23-28(4)5)45(9)39(49)33(22-27(2)3)42-37(47)32(41-7)24-30-17-13-11-14-18-30/h10-20,27-29,32-34,36,41H,1,21-26H2,2-9H3,(H,42,47)(H,43,48)/t29-,32+,33+,34+,36+/m1/s1. The van der Waals surface area contributed by atoms with Crippen molar-refractivity contribution in [2.24, 2.45) is 11.8 Å². The van der Waals surface area contributed by atoms with Gasteiger partial charge in [-0.15, -0.1) is 0 Å². The lowest BCUT2D eigenvalue weighted by atomic mass is 9.97. The van der Waals surface area contributed by atoms with Crippen LogP contribution in [0.2, 0.25) is 0 Å². The summed E-state index contributed by atoms with van der Waals surface area (Å²) in [4.78, 5) is 70.6. The van der Waals surface area contributed by atoms with Gasteiger partial charge in [-0.1, -0.05) is 101 Å². The summed E-state index contributed by atoms with van der Waals surface area (Å²) in [5, 5.41) is 8.86. The molecule has 0 aliphatic heterocycles. The van der Waals surface area contributed by atoms with Gasteiger partial charge in [0, 0.05) is 14.1 Å². The normalized spacial score (nSPS) is 14.0. The summed E-state index contributed by atoms with van der Waals surface area (Å²) in [6.45, 7) is 12.8. The van der Waals surface area contributed by atoms with Crippen molar-refractivity contribution >= 4 is 29.6 Å². The number of hydrogen-bond acceptors (Lipinski definition) is 8. The van der Waals surface area contributed by atoms with E-state index >= 15 is 0 Å². The second-order valence-corrected chi connectivity index (χ2v) is 14.0. The van der Waals surface area contributed by atoms with Crippen LogP contribution < -0.4 is 16.0 Å². The van der Waals surface area contributed by atoms with Gasteiger partial charge in [0.05, 0.1) is 18.8 Å². The molecular formula is C40H59N5O7. The highest BCUT2D eigenvalue weighted by molar-refractivity contribution is 5.95. The fraction of sp³-hybridized carbons (Fsp3) is 0.525. The van der Waals surface area contributed by atoms with E-state index in [-0.39, 0.29) is 43.9 Å². The molecule has 0 heterocycles. The van der Waals surface area contributed by atoms with Gasteiger partial charge in [0.2, 0.25) is 23.6 Å².